The van der Waals surface area contributed by atoms with Crippen molar-refractivity contribution in [1.29, 1.82) is 0 Å². The van der Waals surface area contributed by atoms with Gasteiger partial charge >= 0.3 is 0 Å². The third-order valence-corrected chi connectivity index (χ3v) is 3.29. The van der Waals surface area contributed by atoms with Gasteiger partial charge in [-0.1, -0.05) is 6.07 Å². The predicted molar refractivity (Wildman–Crippen MR) is 66.9 cm³/mol. The van der Waals surface area contributed by atoms with E-state index in [2.05, 4.69) is 4.98 Å². The maximum absolute atomic E-state index is 10.7. The summed E-state index contributed by atoms with van der Waals surface area (Å²) in [6.45, 7) is 0.0319. The molecule has 1 aromatic carbocycles. The first-order valence-electron chi connectivity index (χ1n) is 4.94. The Morgan fingerprint density at radius 1 is 1.29 bits per heavy atom. The van der Waals surface area contributed by atoms with Crippen molar-refractivity contribution < 1.29 is 13.2 Å². The van der Waals surface area contributed by atoms with Crippen LogP contribution in [0.2, 0.25) is 0 Å². The maximum Gasteiger partial charge on any atom is 0.235 e. The topological polar surface area (TPSA) is 56.3 Å². The number of fused-ring (bicyclic) bond motifs is 1. The van der Waals surface area contributed by atoms with Gasteiger partial charge in [0.15, 0.2) is 0 Å². The molecule has 0 fully saturated rings. The van der Waals surface area contributed by atoms with Crippen LogP contribution < -0.4 is 4.74 Å². The van der Waals surface area contributed by atoms with E-state index < -0.39 is 9.05 Å². The van der Waals surface area contributed by atoms with Crippen LogP contribution in [0.4, 0.5) is 0 Å². The zero-order chi connectivity index (χ0) is 12.3. The van der Waals surface area contributed by atoms with Gasteiger partial charge in [0.1, 0.15) is 12.4 Å². The molecule has 0 bridgehead atoms. The summed E-state index contributed by atoms with van der Waals surface area (Å²) >= 11 is 0. The van der Waals surface area contributed by atoms with E-state index in [-0.39, 0.29) is 12.4 Å². The summed E-state index contributed by atoms with van der Waals surface area (Å²) < 4.78 is 26.7. The molecule has 1 aromatic heterocycles. The highest BCUT2D eigenvalue weighted by atomic mass is 35.7. The fourth-order valence-corrected chi connectivity index (χ4v) is 1.87. The van der Waals surface area contributed by atoms with Crippen LogP contribution >= 0.6 is 10.7 Å². The fraction of sp³-hybridized carbons (Fsp3) is 0.182. The molecule has 0 saturated carbocycles. The highest BCUT2D eigenvalue weighted by Crippen LogP contribution is 2.18. The van der Waals surface area contributed by atoms with Crippen molar-refractivity contribution in [3.63, 3.8) is 0 Å². The number of ether oxygens (including phenoxy) is 1. The van der Waals surface area contributed by atoms with Crippen LogP contribution in [0.3, 0.4) is 0 Å². The van der Waals surface area contributed by atoms with E-state index in [4.69, 9.17) is 15.4 Å². The van der Waals surface area contributed by atoms with Crippen molar-refractivity contribution in [2.24, 2.45) is 0 Å². The van der Waals surface area contributed by atoms with Crippen molar-refractivity contribution >= 4 is 30.6 Å². The first-order valence-corrected chi connectivity index (χ1v) is 7.42. The molecule has 0 aliphatic heterocycles. The van der Waals surface area contributed by atoms with E-state index in [1.807, 2.05) is 18.2 Å². The Morgan fingerprint density at radius 2 is 2.12 bits per heavy atom. The van der Waals surface area contributed by atoms with Crippen molar-refractivity contribution in [1.82, 2.24) is 4.98 Å². The van der Waals surface area contributed by atoms with Crippen LogP contribution in [-0.2, 0) is 9.05 Å². The van der Waals surface area contributed by atoms with Gasteiger partial charge in [-0.2, -0.15) is 0 Å². The lowest BCUT2D eigenvalue weighted by Gasteiger charge is -2.05. The Hall–Kier alpha value is -1.33. The van der Waals surface area contributed by atoms with Gasteiger partial charge in [-0.15, -0.1) is 0 Å². The van der Waals surface area contributed by atoms with E-state index in [0.29, 0.717) is 5.75 Å². The number of halogens is 1. The van der Waals surface area contributed by atoms with Gasteiger partial charge in [-0.25, -0.2) is 8.42 Å². The van der Waals surface area contributed by atoms with Crippen LogP contribution in [0.5, 0.6) is 5.75 Å². The normalized spacial score (nSPS) is 11.6. The lowest BCUT2D eigenvalue weighted by Crippen LogP contribution is -2.08. The van der Waals surface area contributed by atoms with E-state index in [0.717, 1.165) is 10.9 Å². The molecule has 0 atom stereocenters. The summed E-state index contributed by atoms with van der Waals surface area (Å²) in [5.74, 6) is 0.367. The molecule has 0 spiro atoms. The van der Waals surface area contributed by atoms with Crippen LogP contribution in [0.1, 0.15) is 0 Å². The monoisotopic (exact) mass is 271 g/mol. The van der Waals surface area contributed by atoms with Crippen LogP contribution in [0, 0.1) is 0 Å². The summed E-state index contributed by atoms with van der Waals surface area (Å²) in [4.78, 5) is 4.17. The Balaban J connectivity index is 2.09. The smallest absolute Gasteiger partial charge is 0.235 e. The van der Waals surface area contributed by atoms with Crippen molar-refractivity contribution in [2.75, 3.05) is 12.4 Å². The average Bonchev–Trinajstić information content (AvgIpc) is 2.27. The van der Waals surface area contributed by atoms with Crippen molar-refractivity contribution in [3.8, 4) is 5.75 Å². The lowest BCUT2D eigenvalue weighted by atomic mass is 10.2. The molecule has 2 rings (SSSR count). The SMILES string of the molecule is O=S(=O)(Cl)CCOc1ccc2cccnc2c1. The second-order valence-electron chi connectivity index (χ2n) is 3.45. The summed E-state index contributed by atoms with van der Waals surface area (Å²) in [5, 5.41) is 1.00. The number of pyridine rings is 1. The molecule has 0 unspecified atom stereocenters. The van der Waals surface area contributed by atoms with Crippen molar-refractivity contribution in [3.05, 3.63) is 36.5 Å². The minimum Gasteiger partial charge on any atom is -0.492 e. The first-order chi connectivity index (χ1) is 8.04. The number of aromatic nitrogens is 1. The molecular formula is C11H10ClNO3S. The predicted octanol–water partition coefficient (Wildman–Crippen LogP) is 2.18. The molecule has 1 heterocycles. The quantitative estimate of drug-likeness (QED) is 0.800. The van der Waals surface area contributed by atoms with Crippen LogP contribution in [-0.4, -0.2) is 25.8 Å². The molecule has 0 aliphatic carbocycles. The number of nitrogens with zero attached hydrogens (tertiary/aromatic N) is 1. The second-order valence-corrected chi connectivity index (χ2v) is 6.35. The van der Waals surface area contributed by atoms with Crippen LogP contribution in [0.25, 0.3) is 10.9 Å². The number of hydrogen-bond donors (Lipinski definition) is 0. The first kappa shape index (κ1) is 12.1. The molecule has 90 valence electrons. The summed E-state index contributed by atoms with van der Waals surface area (Å²) in [6.07, 6.45) is 1.69. The van der Waals surface area contributed by atoms with Gasteiger partial charge in [0.2, 0.25) is 9.05 Å². The molecule has 17 heavy (non-hydrogen) atoms. The molecule has 0 radical (unpaired) electrons. The van der Waals surface area contributed by atoms with Gasteiger partial charge < -0.3 is 4.74 Å². The van der Waals surface area contributed by atoms with E-state index in [9.17, 15) is 8.42 Å². The molecule has 0 aliphatic rings. The summed E-state index contributed by atoms with van der Waals surface area (Å²) in [6, 6.07) is 9.19. The minimum absolute atomic E-state index is 0.0319. The molecule has 4 nitrogen and oxygen atoms in total. The fourth-order valence-electron chi connectivity index (χ4n) is 1.40. The number of benzene rings is 1. The van der Waals surface area contributed by atoms with Crippen molar-refractivity contribution in [2.45, 2.75) is 0 Å². The van der Waals surface area contributed by atoms with Gasteiger partial charge in [-0.05, 0) is 18.2 Å². The maximum atomic E-state index is 10.7. The van der Waals surface area contributed by atoms with E-state index >= 15 is 0 Å². The highest BCUT2D eigenvalue weighted by Gasteiger charge is 2.05. The molecular weight excluding hydrogens is 262 g/mol. The largest absolute Gasteiger partial charge is 0.492 e. The second kappa shape index (κ2) is 4.89. The molecule has 0 saturated heterocycles. The zero-order valence-corrected chi connectivity index (χ0v) is 10.4. The standard InChI is InChI=1S/C11H10ClNO3S/c12-17(14,15)7-6-16-10-4-3-9-2-1-5-13-11(9)8-10/h1-5,8H,6-7H2. The highest BCUT2D eigenvalue weighted by molar-refractivity contribution is 8.13. The van der Waals surface area contributed by atoms with Gasteiger partial charge in [0.05, 0.1) is 11.3 Å². The minimum atomic E-state index is -3.51. The zero-order valence-electron chi connectivity index (χ0n) is 8.84. The Morgan fingerprint density at radius 3 is 2.88 bits per heavy atom. The van der Waals surface area contributed by atoms with Gasteiger partial charge in [0.25, 0.3) is 0 Å². The number of hydrogen-bond acceptors (Lipinski definition) is 4. The Kier molecular flexibility index (Phi) is 3.49. The molecule has 6 heteroatoms. The van der Waals surface area contributed by atoms with Gasteiger partial charge in [0, 0.05) is 28.3 Å². The third kappa shape index (κ3) is 3.57. The van der Waals surface area contributed by atoms with Gasteiger partial charge in [-0.3, -0.25) is 4.98 Å². The molecule has 0 N–H and O–H groups in total. The molecule has 2 aromatic rings. The molecule has 0 amide bonds. The Bertz CT molecular complexity index is 627. The third-order valence-electron chi connectivity index (χ3n) is 2.17. The average molecular weight is 272 g/mol. The van der Waals surface area contributed by atoms with E-state index in [1.165, 1.54) is 0 Å². The number of rotatable bonds is 4. The summed E-state index contributed by atoms with van der Waals surface area (Å²) in [5.41, 5.74) is 0.804. The van der Waals surface area contributed by atoms with E-state index in [1.54, 1.807) is 18.3 Å². The lowest BCUT2D eigenvalue weighted by molar-refractivity contribution is 0.342. The summed E-state index contributed by atoms with van der Waals surface area (Å²) in [7, 11) is 1.57. The Labute approximate surface area is 104 Å². The van der Waals surface area contributed by atoms with Crippen LogP contribution in [0.15, 0.2) is 36.5 Å².